The van der Waals surface area contributed by atoms with Gasteiger partial charge >= 0.3 is 0 Å². The van der Waals surface area contributed by atoms with Crippen molar-refractivity contribution >= 4 is 0 Å². The van der Waals surface area contributed by atoms with E-state index >= 15 is 0 Å². The van der Waals surface area contributed by atoms with Gasteiger partial charge in [0.15, 0.2) is 0 Å². The largest absolute Gasteiger partial charge is 0.390 e. The molecule has 2 atom stereocenters. The van der Waals surface area contributed by atoms with E-state index in [-0.39, 0.29) is 11.7 Å². The van der Waals surface area contributed by atoms with Crippen molar-refractivity contribution in [3.63, 3.8) is 0 Å². The monoisotopic (exact) mass is 218 g/mol. The van der Waals surface area contributed by atoms with E-state index < -0.39 is 6.10 Å². The van der Waals surface area contributed by atoms with E-state index in [1.165, 1.54) is 0 Å². The van der Waals surface area contributed by atoms with Crippen LogP contribution in [0.25, 0.3) is 0 Å². The normalized spacial score (nSPS) is 28.0. The zero-order chi connectivity index (χ0) is 11.3. The maximum Gasteiger partial charge on any atom is 0.107 e. The Morgan fingerprint density at radius 2 is 2.07 bits per heavy atom. The Bertz CT molecular complexity index is 176. The van der Waals surface area contributed by atoms with Crippen LogP contribution in [0.5, 0.6) is 0 Å². The summed E-state index contributed by atoms with van der Waals surface area (Å²) in [5, 5.41) is 9.58. The van der Waals surface area contributed by atoms with Gasteiger partial charge in [0.25, 0.3) is 0 Å². The molecule has 1 saturated heterocycles. The molecule has 0 saturated carbocycles. The molecule has 90 valence electrons. The van der Waals surface area contributed by atoms with Crippen LogP contribution in [0.3, 0.4) is 0 Å². The Hall–Kier alpha value is -0.160. The Kier molecular flexibility index (Phi) is 4.99. The molecule has 1 heterocycles. The van der Waals surface area contributed by atoms with Gasteiger partial charge in [-0.2, -0.15) is 0 Å². The Morgan fingerprint density at radius 3 is 2.67 bits per heavy atom. The minimum absolute atomic E-state index is 0.134. The van der Waals surface area contributed by atoms with Gasteiger partial charge in [0, 0.05) is 6.61 Å². The van der Waals surface area contributed by atoms with Crippen LogP contribution in [0.4, 0.5) is 0 Å². The lowest BCUT2D eigenvalue weighted by atomic mass is 10.1. The summed E-state index contributed by atoms with van der Waals surface area (Å²) in [7, 11) is 0. The van der Waals surface area contributed by atoms with E-state index in [9.17, 15) is 5.11 Å². The fourth-order valence-corrected chi connectivity index (χ4v) is 1.41. The minimum atomic E-state index is -0.395. The van der Waals surface area contributed by atoms with Crippen LogP contribution in [-0.4, -0.2) is 49.3 Å². The zero-order valence-electron chi connectivity index (χ0n) is 9.86. The number of hydrogen-bond acceptors (Lipinski definition) is 4. The van der Waals surface area contributed by atoms with Crippen molar-refractivity contribution in [2.24, 2.45) is 0 Å². The molecule has 0 bridgehead atoms. The second-order valence-electron chi connectivity index (χ2n) is 4.80. The van der Waals surface area contributed by atoms with Crippen molar-refractivity contribution in [3.05, 3.63) is 0 Å². The van der Waals surface area contributed by atoms with Crippen LogP contribution in [0.1, 0.15) is 27.2 Å². The molecule has 0 aromatic rings. The van der Waals surface area contributed by atoms with Crippen molar-refractivity contribution in [1.29, 1.82) is 0 Å². The van der Waals surface area contributed by atoms with Gasteiger partial charge in [0.05, 0.1) is 31.5 Å². The molecule has 4 nitrogen and oxygen atoms in total. The van der Waals surface area contributed by atoms with E-state index in [0.29, 0.717) is 32.8 Å². The average Bonchev–Trinajstić information content (AvgIpc) is 2.13. The number of aliphatic hydroxyl groups excluding tert-OH is 1. The number of aliphatic hydroxyl groups is 1. The Labute approximate surface area is 91.5 Å². The van der Waals surface area contributed by atoms with Crippen LogP contribution in [-0.2, 0) is 14.2 Å². The number of hydrogen-bond donors (Lipinski definition) is 1. The first-order valence-electron chi connectivity index (χ1n) is 5.50. The van der Waals surface area contributed by atoms with Gasteiger partial charge in [0.1, 0.15) is 6.10 Å². The molecule has 0 amide bonds. The fraction of sp³-hybridized carbons (Fsp3) is 1.00. The van der Waals surface area contributed by atoms with Gasteiger partial charge < -0.3 is 19.3 Å². The molecule has 0 radical (unpaired) electrons. The SMILES string of the molecule is CC(C)(C)OCCOC1COCCC1O. The van der Waals surface area contributed by atoms with Crippen LogP contribution in [0.2, 0.25) is 0 Å². The predicted molar refractivity (Wildman–Crippen MR) is 56.9 cm³/mol. The molecule has 1 N–H and O–H groups in total. The maximum atomic E-state index is 9.58. The number of ether oxygens (including phenoxy) is 3. The fourth-order valence-electron chi connectivity index (χ4n) is 1.41. The van der Waals surface area contributed by atoms with Gasteiger partial charge in [-0.05, 0) is 27.2 Å². The second-order valence-corrected chi connectivity index (χ2v) is 4.80. The van der Waals surface area contributed by atoms with Crippen LogP contribution in [0.15, 0.2) is 0 Å². The highest BCUT2D eigenvalue weighted by Gasteiger charge is 2.24. The van der Waals surface area contributed by atoms with Crippen molar-refractivity contribution in [3.8, 4) is 0 Å². The molecule has 0 aliphatic carbocycles. The highest BCUT2D eigenvalue weighted by atomic mass is 16.6. The summed E-state index contributed by atoms with van der Waals surface area (Å²) >= 11 is 0. The van der Waals surface area contributed by atoms with Gasteiger partial charge in [-0.15, -0.1) is 0 Å². The highest BCUT2D eigenvalue weighted by Crippen LogP contribution is 2.11. The van der Waals surface area contributed by atoms with Crippen LogP contribution >= 0.6 is 0 Å². The maximum absolute atomic E-state index is 9.58. The summed E-state index contributed by atoms with van der Waals surface area (Å²) in [6, 6.07) is 0. The third-order valence-electron chi connectivity index (χ3n) is 2.22. The Morgan fingerprint density at radius 1 is 1.33 bits per heavy atom. The van der Waals surface area contributed by atoms with Gasteiger partial charge in [-0.3, -0.25) is 0 Å². The molecule has 1 aliphatic heterocycles. The molecule has 2 unspecified atom stereocenters. The molecule has 1 fully saturated rings. The number of rotatable bonds is 4. The summed E-state index contributed by atoms with van der Waals surface area (Å²) in [6.45, 7) is 8.17. The van der Waals surface area contributed by atoms with E-state index in [1.54, 1.807) is 0 Å². The van der Waals surface area contributed by atoms with E-state index in [0.717, 1.165) is 0 Å². The van der Waals surface area contributed by atoms with Gasteiger partial charge in [0.2, 0.25) is 0 Å². The summed E-state index contributed by atoms with van der Waals surface area (Å²) < 4.78 is 16.2. The summed E-state index contributed by atoms with van der Waals surface area (Å²) in [5.41, 5.74) is -0.134. The lowest BCUT2D eigenvalue weighted by Crippen LogP contribution is -2.39. The van der Waals surface area contributed by atoms with E-state index in [2.05, 4.69) is 0 Å². The van der Waals surface area contributed by atoms with Crippen LogP contribution < -0.4 is 0 Å². The average molecular weight is 218 g/mol. The molecule has 1 rings (SSSR count). The summed E-state index contributed by atoms with van der Waals surface area (Å²) in [4.78, 5) is 0. The highest BCUT2D eigenvalue weighted by molar-refractivity contribution is 4.72. The van der Waals surface area contributed by atoms with Crippen LogP contribution in [0, 0.1) is 0 Å². The van der Waals surface area contributed by atoms with Crippen molar-refractivity contribution < 1.29 is 19.3 Å². The topological polar surface area (TPSA) is 47.9 Å². The lowest BCUT2D eigenvalue weighted by Gasteiger charge is -2.28. The molecular weight excluding hydrogens is 196 g/mol. The second kappa shape index (κ2) is 5.80. The van der Waals surface area contributed by atoms with Gasteiger partial charge in [-0.25, -0.2) is 0 Å². The van der Waals surface area contributed by atoms with Crippen molar-refractivity contribution in [2.75, 3.05) is 26.4 Å². The molecule has 0 aromatic carbocycles. The lowest BCUT2D eigenvalue weighted by molar-refractivity contribution is -0.132. The van der Waals surface area contributed by atoms with Crippen molar-refractivity contribution in [1.82, 2.24) is 0 Å². The minimum Gasteiger partial charge on any atom is -0.390 e. The summed E-state index contributed by atoms with van der Waals surface area (Å²) in [6.07, 6.45) is 0.0702. The first-order valence-corrected chi connectivity index (χ1v) is 5.50. The van der Waals surface area contributed by atoms with E-state index in [4.69, 9.17) is 14.2 Å². The molecule has 0 spiro atoms. The third kappa shape index (κ3) is 5.47. The van der Waals surface area contributed by atoms with Crippen molar-refractivity contribution in [2.45, 2.75) is 45.0 Å². The standard InChI is InChI=1S/C11H22O4/c1-11(2,3)15-7-6-14-10-8-13-5-4-9(10)12/h9-10,12H,4-8H2,1-3H3. The van der Waals surface area contributed by atoms with Gasteiger partial charge in [-0.1, -0.05) is 0 Å². The molecule has 1 aliphatic rings. The predicted octanol–water partition coefficient (Wildman–Crippen LogP) is 0.968. The molecular formula is C11H22O4. The smallest absolute Gasteiger partial charge is 0.107 e. The zero-order valence-corrected chi connectivity index (χ0v) is 9.86. The quantitative estimate of drug-likeness (QED) is 0.714. The molecule has 0 aromatic heterocycles. The summed E-state index contributed by atoms with van der Waals surface area (Å²) in [5.74, 6) is 0. The first kappa shape index (κ1) is 12.9. The third-order valence-corrected chi connectivity index (χ3v) is 2.22. The van der Waals surface area contributed by atoms with E-state index in [1.807, 2.05) is 20.8 Å². The first-order chi connectivity index (χ1) is 6.99. The molecule has 4 heteroatoms. The Balaban J connectivity index is 2.08. The molecule has 15 heavy (non-hydrogen) atoms.